The predicted molar refractivity (Wildman–Crippen MR) is 33.2 cm³/mol. The first-order valence-electron chi connectivity index (χ1n) is 2.88. The summed E-state index contributed by atoms with van der Waals surface area (Å²) in [6.07, 6.45) is 1.30. The van der Waals surface area contributed by atoms with Crippen LogP contribution in [-0.4, -0.2) is 0 Å². The van der Waals surface area contributed by atoms with Crippen LogP contribution < -0.4 is 0 Å². The number of hydrogen-bond donors (Lipinski definition) is 0. The summed E-state index contributed by atoms with van der Waals surface area (Å²) in [5.74, 6) is -0.936. The van der Waals surface area contributed by atoms with Crippen molar-refractivity contribution < 1.29 is 13.2 Å². The Morgan fingerprint density at radius 3 is 3.00 bits per heavy atom. The van der Waals surface area contributed by atoms with Gasteiger partial charge in [-0.3, -0.25) is 0 Å². The van der Waals surface area contributed by atoms with Crippen molar-refractivity contribution in [3.63, 3.8) is 0 Å². The zero-order chi connectivity index (χ0) is 7.84. The lowest BCUT2D eigenvalue weighted by Gasteiger charge is -1.74. The number of fused-ring (bicyclic) bond motifs is 1. The van der Waals surface area contributed by atoms with E-state index in [9.17, 15) is 4.39 Å². The van der Waals surface area contributed by atoms with Gasteiger partial charge in [0.05, 0.1) is 11.6 Å². The van der Waals surface area contributed by atoms with Crippen molar-refractivity contribution in [2.75, 3.05) is 0 Å². The number of nitrogens with zero attached hydrogens (tertiary/aromatic N) is 1. The molecule has 54 valence electrons. The van der Waals surface area contributed by atoms with Crippen LogP contribution >= 0.6 is 0 Å². The Bertz CT molecular complexity index is 435. The van der Waals surface area contributed by atoms with Crippen LogP contribution in [0.2, 0.25) is 0 Å². The monoisotopic (exact) mass is 151 g/mol. The van der Waals surface area contributed by atoms with Gasteiger partial charge in [0.2, 0.25) is 5.76 Å². The maximum absolute atomic E-state index is 12.9. The van der Waals surface area contributed by atoms with Gasteiger partial charge < -0.3 is 8.83 Å². The van der Waals surface area contributed by atoms with Crippen molar-refractivity contribution >= 4 is 11.2 Å². The van der Waals surface area contributed by atoms with E-state index < -0.39 is 5.82 Å². The molecule has 2 aromatic rings. The van der Waals surface area contributed by atoms with E-state index >= 15 is 0 Å². The molecule has 0 bridgehead atoms. The van der Waals surface area contributed by atoms with Gasteiger partial charge in [-0.05, 0) is 6.07 Å². The molecule has 0 fully saturated rings. The first kappa shape index (κ1) is 5.98. The van der Waals surface area contributed by atoms with Gasteiger partial charge in [-0.1, -0.05) is 0 Å². The fraction of sp³-hybridized carbons (Fsp3) is 0. The molecule has 0 saturated carbocycles. The number of hydrogen-bond acceptors (Lipinski definition) is 3. The second kappa shape index (κ2) is 1.86. The zero-order valence-corrected chi connectivity index (χ0v) is 5.30. The highest BCUT2D eigenvalue weighted by atomic mass is 19.1. The van der Waals surface area contributed by atoms with E-state index in [2.05, 4.69) is 4.42 Å². The number of rotatable bonds is 0. The summed E-state index contributed by atoms with van der Waals surface area (Å²) in [4.78, 5) is 0. The summed E-state index contributed by atoms with van der Waals surface area (Å²) in [6.45, 7) is 0. The minimum absolute atomic E-state index is 0.0547. The van der Waals surface area contributed by atoms with E-state index in [1.54, 1.807) is 6.07 Å². The summed E-state index contributed by atoms with van der Waals surface area (Å²) < 4.78 is 22.3. The van der Waals surface area contributed by atoms with Gasteiger partial charge in [0.1, 0.15) is 6.07 Å². The third kappa shape index (κ3) is 0.649. The highest BCUT2D eigenvalue weighted by Crippen LogP contribution is 2.24. The second-order valence-electron chi connectivity index (χ2n) is 1.98. The highest BCUT2D eigenvalue weighted by Gasteiger charge is 2.15. The molecule has 0 radical (unpaired) electrons. The molecule has 0 aromatic carbocycles. The molecule has 2 heterocycles. The molecule has 0 aliphatic carbocycles. The molecule has 3 nitrogen and oxygen atoms in total. The largest absolute Gasteiger partial charge is 0.433 e. The highest BCUT2D eigenvalue weighted by molar-refractivity contribution is 5.74. The van der Waals surface area contributed by atoms with Crippen LogP contribution in [0.4, 0.5) is 4.39 Å². The lowest BCUT2D eigenvalue weighted by Crippen LogP contribution is -1.71. The SMILES string of the molecule is N#Cc1oc2occc2c1F. The number of furan rings is 2. The van der Waals surface area contributed by atoms with E-state index in [0.717, 1.165) is 0 Å². The molecule has 4 heteroatoms. The minimum Gasteiger partial charge on any atom is -0.433 e. The van der Waals surface area contributed by atoms with Gasteiger partial charge in [-0.2, -0.15) is 5.26 Å². The van der Waals surface area contributed by atoms with Crippen LogP contribution in [0.25, 0.3) is 11.2 Å². The molecule has 2 rings (SSSR count). The minimum atomic E-state index is -0.656. The van der Waals surface area contributed by atoms with Crippen LogP contribution in [0.15, 0.2) is 21.2 Å². The van der Waals surface area contributed by atoms with Gasteiger partial charge in [-0.15, -0.1) is 0 Å². The molecule has 2 aromatic heterocycles. The van der Waals surface area contributed by atoms with Gasteiger partial charge in [0.15, 0.2) is 5.82 Å². The van der Waals surface area contributed by atoms with Crippen LogP contribution in [0.3, 0.4) is 0 Å². The van der Waals surface area contributed by atoms with E-state index in [4.69, 9.17) is 9.68 Å². The van der Waals surface area contributed by atoms with Crippen LogP contribution in [0.1, 0.15) is 5.76 Å². The van der Waals surface area contributed by atoms with E-state index in [1.807, 2.05) is 0 Å². The summed E-state index contributed by atoms with van der Waals surface area (Å²) >= 11 is 0. The van der Waals surface area contributed by atoms with Crippen molar-refractivity contribution in [2.45, 2.75) is 0 Å². The second-order valence-corrected chi connectivity index (χ2v) is 1.98. The van der Waals surface area contributed by atoms with Crippen molar-refractivity contribution in [3.05, 3.63) is 23.9 Å². The Morgan fingerprint density at radius 1 is 1.55 bits per heavy atom. The Kier molecular flexibility index (Phi) is 1.01. The lowest BCUT2D eigenvalue weighted by molar-refractivity contribution is 0.459. The number of nitriles is 1. The maximum Gasteiger partial charge on any atom is 0.301 e. The molecular weight excluding hydrogens is 149 g/mol. The summed E-state index contributed by atoms with van der Waals surface area (Å²) in [5.41, 5.74) is 0. The van der Waals surface area contributed by atoms with E-state index in [1.165, 1.54) is 12.3 Å². The van der Waals surface area contributed by atoms with Crippen molar-refractivity contribution in [3.8, 4) is 6.07 Å². The van der Waals surface area contributed by atoms with E-state index in [-0.39, 0.29) is 16.9 Å². The standard InChI is InChI=1S/C7H2FNO2/c8-6-4-1-2-10-7(4)11-5(6)3-9/h1-2H. The summed E-state index contributed by atoms with van der Waals surface area (Å²) in [5, 5.41) is 8.52. The normalized spacial score (nSPS) is 10.2. The molecule has 0 saturated heterocycles. The maximum atomic E-state index is 12.9. The van der Waals surface area contributed by atoms with Crippen LogP contribution in [0, 0.1) is 17.1 Å². The summed E-state index contributed by atoms with van der Waals surface area (Å²) in [6, 6.07) is 2.98. The van der Waals surface area contributed by atoms with Crippen LogP contribution in [-0.2, 0) is 0 Å². The van der Waals surface area contributed by atoms with Gasteiger partial charge >= 0.3 is 5.78 Å². The number of halogens is 1. The molecule has 0 atom stereocenters. The Balaban J connectivity index is 2.90. The lowest BCUT2D eigenvalue weighted by atomic mass is 10.3. The van der Waals surface area contributed by atoms with Gasteiger partial charge in [0.25, 0.3) is 0 Å². The molecule has 0 aliphatic rings. The molecule has 0 unspecified atom stereocenters. The van der Waals surface area contributed by atoms with Crippen LogP contribution in [0.5, 0.6) is 0 Å². The molecule has 11 heavy (non-hydrogen) atoms. The third-order valence-corrected chi connectivity index (χ3v) is 1.36. The van der Waals surface area contributed by atoms with Crippen molar-refractivity contribution in [1.29, 1.82) is 5.26 Å². The molecule has 0 N–H and O–H groups in total. The average molecular weight is 151 g/mol. The Morgan fingerprint density at radius 2 is 2.36 bits per heavy atom. The Hall–Kier alpha value is -1.76. The Labute approximate surface area is 60.6 Å². The zero-order valence-electron chi connectivity index (χ0n) is 5.30. The fourth-order valence-electron chi connectivity index (χ4n) is 0.869. The molecular formula is C7H2FNO2. The summed E-state index contributed by atoms with van der Waals surface area (Å²) in [7, 11) is 0. The molecule has 0 aliphatic heterocycles. The molecule has 0 spiro atoms. The first-order chi connectivity index (χ1) is 5.33. The quantitative estimate of drug-likeness (QED) is 0.578. The fourth-order valence-corrected chi connectivity index (χ4v) is 0.869. The van der Waals surface area contributed by atoms with Crippen molar-refractivity contribution in [1.82, 2.24) is 0 Å². The first-order valence-corrected chi connectivity index (χ1v) is 2.88. The van der Waals surface area contributed by atoms with Crippen molar-refractivity contribution in [2.24, 2.45) is 0 Å². The van der Waals surface area contributed by atoms with Gasteiger partial charge in [-0.25, -0.2) is 4.39 Å². The van der Waals surface area contributed by atoms with E-state index in [0.29, 0.717) is 0 Å². The predicted octanol–water partition coefficient (Wildman–Crippen LogP) is 2.04. The van der Waals surface area contributed by atoms with Gasteiger partial charge in [0, 0.05) is 0 Å². The average Bonchev–Trinajstić information content (AvgIpc) is 2.53. The smallest absolute Gasteiger partial charge is 0.301 e. The third-order valence-electron chi connectivity index (χ3n) is 1.36. The molecule has 0 amide bonds. The topological polar surface area (TPSA) is 50.1 Å².